The third-order valence-electron chi connectivity index (χ3n) is 1.52. The highest BCUT2D eigenvalue weighted by molar-refractivity contribution is 6.66. The van der Waals surface area contributed by atoms with Crippen LogP contribution in [0.4, 0.5) is 0 Å². The van der Waals surface area contributed by atoms with Gasteiger partial charge in [-0.05, 0) is 24.1 Å². The fraction of sp³-hybridized carbons (Fsp3) is 0.375. The van der Waals surface area contributed by atoms with Gasteiger partial charge in [0.2, 0.25) is 3.79 Å². The van der Waals surface area contributed by atoms with Gasteiger partial charge in [0.15, 0.2) is 0 Å². The van der Waals surface area contributed by atoms with Crippen molar-refractivity contribution in [2.75, 3.05) is 6.61 Å². The van der Waals surface area contributed by atoms with E-state index >= 15 is 0 Å². The third-order valence-corrected chi connectivity index (χ3v) is 2.10. The molecule has 1 aromatic heterocycles. The van der Waals surface area contributed by atoms with Crippen LogP contribution in [0.25, 0.3) is 0 Å². The molecule has 0 aliphatic carbocycles. The van der Waals surface area contributed by atoms with Crippen LogP contribution in [-0.2, 0) is 10.2 Å². The molecule has 0 aliphatic rings. The van der Waals surface area contributed by atoms with Crippen LogP contribution in [-0.4, -0.2) is 16.7 Å². The lowest BCUT2D eigenvalue weighted by Crippen LogP contribution is -2.04. The van der Waals surface area contributed by atoms with Crippen molar-refractivity contribution >= 4 is 34.8 Å². The maximum Gasteiger partial charge on any atom is 0.232 e. The molecule has 1 rings (SSSR count). The highest BCUT2D eigenvalue weighted by atomic mass is 35.6. The Bertz CT molecular complexity index is 285. The molecule has 1 N–H and O–H groups in total. The van der Waals surface area contributed by atoms with E-state index in [1.54, 1.807) is 18.3 Å². The molecule has 0 amide bonds. The second-order valence-corrected chi connectivity index (χ2v) is 4.80. The van der Waals surface area contributed by atoms with Crippen molar-refractivity contribution in [3.05, 3.63) is 29.6 Å². The third kappa shape index (κ3) is 3.31. The first-order valence-corrected chi connectivity index (χ1v) is 4.80. The molecule has 0 saturated heterocycles. The molecule has 0 unspecified atom stereocenters. The lowest BCUT2D eigenvalue weighted by molar-refractivity contribution is 0.299. The van der Waals surface area contributed by atoms with Gasteiger partial charge in [-0.15, -0.1) is 0 Å². The quantitative estimate of drug-likeness (QED) is 0.806. The van der Waals surface area contributed by atoms with E-state index in [9.17, 15) is 0 Å². The smallest absolute Gasteiger partial charge is 0.232 e. The van der Waals surface area contributed by atoms with Crippen LogP contribution in [0.1, 0.15) is 11.3 Å². The Labute approximate surface area is 91.4 Å². The minimum atomic E-state index is -1.49. The van der Waals surface area contributed by atoms with Gasteiger partial charge in [0.25, 0.3) is 0 Å². The van der Waals surface area contributed by atoms with Crippen molar-refractivity contribution in [3.63, 3.8) is 0 Å². The lowest BCUT2D eigenvalue weighted by Gasteiger charge is -2.10. The number of hydrogen-bond acceptors (Lipinski definition) is 2. The average molecular weight is 241 g/mol. The van der Waals surface area contributed by atoms with E-state index in [-0.39, 0.29) is 6.61 Å². The summed E-state index contributed by atoms with van der Waals surface area (Å²) in [5.41, 5.74) is 1.28. The molecule has 5 heteroatoms. The van der Waals surface area contributed by atoms with Crippen LogP contribution in [0.15, 0.2) is 18.3 Å². The number of aliphatic hydroxyl groups excluding tert-OH is 1. The Morgan fingerprint density at radius 3 is 2.62 bits per heavy atom. The zero-order valence-electron chi connectivity index (χ0n) is 6.67. The zero-order chi connectivity index (χ0) is 9.90. The Morgan fingerprint density at radius 2 is 2.08 bits per heavy atom. The zero-order valence-corrected chi connectivity index (χ0v) is 8.94. The van der Waals surface area contributed by atoms with Crippen molar-refractivity contribution in [2.24, 2.45) is 0 Å². The van der Waals surface area contributed by atoms with E-state index in [1.165, 1.54) is 0 Å². The van der Waals surface area contributed by atoms with Gasteiger partial charge in [-0.25, -0.2) is 0 Å². The van der Waals surface area contributed by atoms with E-state index in [0.29, 0.717) is 12.1 Å². The van der Waals surface area contributed by atoms with Crippen LogP contribution in [0.3, 0.4) is 0 Å². The van der Waals surface area contributed by atoms with Gasteiger partial charge in [-0.1, -0.05) is 34.8 Å². The normalized spacial score (nSPS) is 11.7. The number of nitrogens with zero attached hydrogens (tertiary/aromatic N) is 1. The number of alkyl halides is 3. The number of aliphatic hydroxyl groups is 1. The summed E-state index contributed by atoms with van der Waals surface area (Å²) < 4.78 is -1.49. The number of pyridine rings is 1. The largest absolute Gasteiger partial charge is 0.396 e. The molecule has 0 aliphatic heterocycles. The summed E-state index contributed by atoms with van der Waals surface area (Å²) in [5.74, 6) is 0. The first kappa shape index (κ1) is 11.1. The molecule has 1 heterocycles. The van der Waals surface area contributed by atoms with Crippen molar-refractivity contribution in [1.29, 1.82) is 0 Å². The molecular formula is C8H8Cl3NO. The first-order valence-electron chi connectivity index (χ1n) is 3.67. The lowest BCUT2D eigenvalue weighted by atomic mass is 10.2. The molecule has 72 valence electrons. The Hall–Kier alpha value is -0.0200. The Morgan fingerprint density at radius 1 is 1.38 bits per heavy atom. The van der Waals surface area contributed by atoms with Gasteiger partial charge >= 0.3 is 0 Å². The molecule has 1 aromatic rings. The molecule has 0 radical (unpaired) electrons. The van der Waals surface area contributed by atoms with Crippen LogP contribution in [0.5, 0.6) is 0 Å². The molecule has 0 atom stereocenters. The second-order valence-electron chi connectivity index (χ2n) is 2.52. The van der Waals surface area contributed by atoms with E-state index in [2.05, 4.69) is 4.98 Å². The predicted molar refractivity (Wildman–Crippen MR) is 54.3 cm³/mol. The first-order chi connectivity index (χ1) is 6.04. The summed E-state index contributed by atoms with van der Waals surface area (Å²) in [7, 11) is 0. The number of hydrogen-bond donors (Lipinski definition) is 1. The number of rotatable bonds is 2. The SMILES string of the molecule is OCCc1ccnc(C(Cl)(Cl)Cl)c1. The monoisotopic (exact) mass is 239 g/mol. The maximum absolute atomic E-state index is 8.69. The summed E-state index contributed by atoms with van der Waals surface area (Å²) >= 11 is 16.9. The average Bonchev–Trinajstić information content (AvgIpc) is 2.04. The van der Waals surface area contributed by atoms with E-state index in [1.807, 2.05) is 0 Å². The molecule has 13 heavy (non-hydrogen) atoms. The van der Waals surface area contributed by atoms with Crippen LogP contribution >= 0.6 is 34.8 Å². The molecule has 2 nitrogen and oxygen atoms in total. The Balaban J connectivity index is 2.92. The summed E-state index contributed by atoms with van der Waals surface area (Å²) in [4.78, 5) is 3.92. The van der Waals surface area contributed by atoms with Gasteiger partial charge < -0.3 is 5.11 Å². The molecule has 0 spiro atoms. The standard InChI is InChI=1S/C8H8Cl3NO/c9-8(10,11)7-5-6(2-4-13)1-3-12-7/h1,3,5,13H,2,4H2. The van der Waals surface area contributed by atoms with Crippen molar-refractivity contribution in [3.8, 4) is 0 Å². The van der Waals surface area contributed by atoms with Gasteiger partial charge in [0.05, 0.1) is 5.69 Å². The van der Waals surface area contributed by atoms with Crippen LogP contribution in [0, 0.1) is 0 Å². The van der Waals surface area contributed by atoms with Gasteiger partial charge in [-0.2, -0.15) is 0 Å². The number of aromatic nitrogens is 1. The molecule has 0 fully saturated rings. The van der Waals surface area contributed by atoms with Crippen LogP contribution < -0.4 is 0 Å². The Kier molecular flexibility index (Phi) is 3.80. The second kappa shape index (κ2) is 4.47. The van der Waals surface area contributed by atoms with E-state index < -0.39 is 3.79 Å². The summed E-state index contributed by atoms with van der Waals surface area (Å²) in [6.07, 6.45) is 2.10. The van der Waals surface area contributed by atoms with E-state index in [4.69, 9.17) is 39.9 Å². The molecule has 0 saturated carbocycles. The summed E-state index contributed by atoms with van der Waals surface area (Å²) in [6.45, 7) is 0.0727. The van der Waals surface area contributed by atoms with Gasteiger partial charge in [-0.3, -0.25) is 4.98 Å². The van der Waals surface area contributed by atoms with Gasteiger partial charge in [0.1, 0.15) is 0 Å². The highest BCUT2D eigenvalue weighted by Gasteiger charge is 2.24. The summed E-state index contributed by atoms with van der Waals surface area (Å²) in [5, 5.41) is 8.69. The predicted octanol–water partition coefficient (Wildman–Crippen LogP) is 2.44. The maximum atomic E-state index is 8.69. The molecule has 0 bridgehead atoms. The molecular weight excluding hydrogens is 232 g/mol. The molecule has 0 aromatic carbocycles. The van der Waals surface area contributed by atoms with Crippen molar-refractivity contribution < 1.29 is 5.11 Å². The van der Waals surface area contributed by atoms with Gasteiger partial charge in [0, 0.05) is 12.8 Å². The minimum Gasteiger partial charge on any atom is -0.396 e. The fourth-order valence-corrected chi connectivity index (χ4v) is 1.22. The van der Waals surface area contributed by atoms with Crippen molar-refractivity contribution in [1.82, 2.24) is 4.98 Å². The topological polar surface area (TPSA) is 33.1 Å². The van der Waals surface area contributed by atoms with E-state index in [0.717, 1.165) is 5.56 Å². The van der Waals surface area contributed by atoms with Crippen LogP contribution in [0.2, 0.25) is 0 Å². The minimum absolute atomic E-state index is 0.0727. The van der Waals surface area contributed by atoms with Crippen molar-refractivity contribution in [2.45, 2.75) is 10.2 Å². The highest BCUT2D eigenvalue weighted by Crippen LogP contribution is 2.36. The fourth-order valence-electron chi connectivity index (χ4n) is 0.914. The number of halogens is 3. The summed E-state index contributed by atoms with van der Waals surface area (Å²) in [6, 6.07) is 3.44.